The van der Waals surface area contributed by atoms with Crippen LogP contribution in [-0.2, 0) is 11.2 Å². The lowest BCUT2D eigenvalue weighted by atomic mass is 10.0. The van der Waals surface area contributed by atoms with Crippen LogP contribution in [0, 0.1) is 6.92 Å². The highest BCUT2D eigenvalue weighted by Crippen LogP contribution is 2.17. The second kappa shape index (κ2) is 5.87. The highest BCUT2D eigenvalue weighted by atomic mass is 16.5. The molecule has 1 aliphatic rings. The smallest absolute Gasteiger partial charge is 0.109 e. The van der Waals surface area contributed by atoms with Gasteiger partial charge in [0.25, 0.3) is 0 Å². The van der Waals surface area contributed by atoms with E-state index in [0.29, 0.717) is 6.04 Å². The molecule has 0 bridgehead atoms. The molecule has 0 amide bonds. The molecular formula is C15H21NO. The second-order valence-corrected chi connectivity index (χ2v) is 4.63. The fraction of sp³-hybridized carbons (Fsp3) is 0.467. The zero-order chi connectivity index (χ0) is 12.1. The Morgan fingerprint density at radius 3 is 2.94 bits per heavy atom. The Bertz CT molecular complexity index is 398. The van der Waals surface area contributed by atoms with Crippen molar-refractivity contribution < 1.29 is 4.74 Å². The fourth-order valence-corrected chi connectivity index (χ4v) is 2.24. The number of ether oxygens (including phenoxy) is 1. The van der Waals surface area contributed by atoms with E-state index in [4.69, 9.17) is 4.74 Å². The summed E-state index contributed by atoms with van der Waals surface area (Å²) in [6.45, 7) is 2.99. The van der Waals surface area contributed by atoms with E-state index >= 15 is 0 Å². The fourth-order valence-electron chi connectivity index (χ4n) is 2.24. The summed E-state index contributed by atoms with van der Waals surface area (Å²) in [5.41, 5.74) is 2.68. The van der Waals surface area contributed by atoms with E-state index in [-0.39, 0.29) is 0 Å². The summed E-state index contributed by atoms with van der Waals surface area (Å²) in [5.74, 6) is 1.11. The first-order valence-corrected chi connectivity index (χ1v) is 6.35. The van der Waals surface area contributed by atoms with Gasteiger partial charge in [-0.2, -0.15) is 0 Å². The molecule has 2 nitrogen and oxygen atoms in total. The van der Waals surface area contributed by atoms with Crippen molar-refractivity contribution in [3.05, 3.63) is 47.2 Å². The average molecular weight is 231 g/mol. The highest BCUT2D eigenvalue weighted by Gasteiger charge is 2.16. The first kappa shape index (κ1) is 12.2. The molecule has 1 aliphatic heterocycles. The number of benzene rings is 1. The maximum absolute atomic E-state index is 5.73. The van der Waals surface area contributed by atoms with Gasteiger partial charge in [-0.25, -0.2) is 0 Å². The molecule has 0 fully saturated rings. The van der Waals surface area contributed by atoms with E-state index in [1.165, 1.54) is 11.1 Å². The summed E-state index contributed by atoms with van der Waals surface area (Å²) in [4.78, 5) is 0. The van der Waals surface area contributed by atoms with E-state index in [9.17, 15) is 0 Å². The summed E-state index contributed by atoms with van der Waals surface area (Å²) >= 11 is 0. The van der Waals surface area contributed by atoms with Gasteiger partial charge in [-0.3, -0.25) is 0 Å². The molecular weight excluding hydrogens is 210 g/mol. The van der Waals surface area contributed by atoms with Gasteiger partial charge >= 0.3 is 0 Å². The minimum atomic E-state index is 0.303. The van der Waals surface area contributed by atoms with Crippen molar-refractivity contribution in [3.63, 3.8) is 0 Å². The molecule has 0 spiro atoms. The van der Waals surface area contributed by atoms with Crippen LogP contribution in [0.1, 0.15) is 24.0 Å². The monoisotopic (exact) mass is 231 g/mol. The molecule has 0 saturated carbocycles. The molecule has 0 aromatic heterocycles. The predicted molar refractivity (Wildman–Crippen MR) is 71.0 cm³/mol. The van der Waals surface area contributed by atoms with Crippen molar-refractivity contribution >= 4 is 0 Å². The van der Waals surface area contributed by atoms with E-state index in [1.54, 1.807) is 0 Å². The Hall–Kier alpha value is -1.28. The van der Waals surface area contributed by atoms with Crippen molar-refractivity contribution in [1.82, 2.24) is 5.32 Å². The number of rotatable bonds is 4. The summed E-state index contributed by atoms with van der Waals surface area (Å²) in [7, 11) is 2.00. The largest absolute Gasteiger partial charge is 0.497 e. The molecule has 0 radical (unpaired) electrons. The molecule has 2 rings (SSSR count). The molecule has 1 aromatic carbocycles. The van der Waals surface area contributed by atoms with Crippen molar-refractivity contribution in [1.29, 1.82) is 0 Å². The summed E-state index contributed by atoms with van der Waals surface area (Å²) < 4.78 is 5.73. The lowest BCUT2D eigenvalue weighted by molar-refractivity contribution is 0.169. The van der Waals surface area contributed by atoms with E-state index in [2.05, 4.69) is 42.6 Å². The summed E-state index contributed by atoms with van der Waals surface area (Å²) in [6.07, 6.45) is 5.50. The van der Waals surface area contributed by atoms with Gasteiger partial charge in [0.2, 0.25) is 0 Å². The van der Waals surface area contributed by atoms with E-state index in [0.717, 1.165) is 31.6 Å². The number of likely N-dealkylation sites (N-methyl/N-ethyl adjacent to an activating group) is 1. The predicted octanol–water partition coefficient (Wildman–Crippen LogP) is 2.82. The van der Waals surface area contributed by atoms with E-state index < -0.39 is 0 Å². The normalized spacial score (nSPS) is 17.2. The van der Waals surface area contributed by atoms with Gasteiger partial charge in [0.05, 0.1) is 12.6 Å². The number of nitrogens with one attached hydrogen (secondary N) is 1. The molecule has 0 aliphatic carbocycles. The van der Waals surface area contributed by atoms with Gasteiger partial charge in [0.15, 0.2) is 0 Å². The van der Waals surface area contributed by atoms with Gasteiger partial charge in [0, 0.05) is 0 Å². The van der Waals surface area contributed by atoms with Crippen LogP contribution in [-0.4, -0.2) is 19.7 Å². The summed E-state index contributed by atoms with van der Waals surface area (Å²) in [5, 5.41) is 3.35. The topological polar surface area (TPSA) is 21.3 Å². The molecule has 17 heavy (non-hydrogen) atoms. The van der Waals surface area contributed by atoms with Crippen LogP contribution in [0.4, 0.5) is 0 Å². The Labute approximate surface area is 104 Å². The molecule has 92 valence electrons. The molecule has 1 atom stereocenters. The zero-order valence-corrected chi connectivity index (χ0v) is 10.7. The quantitative estimate of drug-likeness (QED) is 0.860. The van der Waals surface area contributed by atoms with Crippen LogP contribution in [0.2, 0.25) is 0 Å². The maximum Gasteiger partial charge on any atom is 0.109 e. The molecule has 1 N–H and O–H groups in total. The van der Waals surface area contributed by atoms with Crippen LogP contribution in [0.15, 0.2) is 36.1 Å². The Kier molecular flexibility index (Phi) is 4.21. The van der Waals surface area contributed by atoms with Crippen molar-refractivity contribution in [3.8, 4) is 0 Å². The van der Waals surface area contributed by atoms with Crippen LogP contribution in [0.3, 0.4) is 0 Å². The third-order valence-electron chi connectivity index (χ3n) is 3.18. The van der Waals surface area contributed by atoms with Crippen LogP contribution < -0.4 is 5.32 Å². The zero-order valence-electron chi connectivity index (χ0n) is 10.7. The molecule has 1 unspecified atom stereocenters. The number of allylic oxidation sites excluding steroid dienone is 1. The number of hydrogen-bond acceptors (Lipinski definition) is 2. The molecule has 1 aromatic rings. The van der Waals surface area contributed by atoms with Crippen LogP contribution in [0.25, 0.3) is 0 Å². The average Bonchev–Trinajstić information content (AvgIpc) is 2.37. The molecule has 2 heteroatoms. The van der Waals surface area contributed by atoms with Crippen molar-refractivity contribution in [2.75, 3.05) is 13.7 Å². The van der Waals surface area contributed by atoms with Crippen molar-refractivity contribution in [2.45, 2.75) is 32.2 Å². The van der Waals surface area contributed by atoms with Crippen LogP contribution >= 0.6 is 0 Å². The number of aryl methyl sites for hydroxylation is 1. The van der Waals surface area contributed by atoms with Crippen LogP contribution in [0.5, 0.6) is 0 Å². The Balaban J connectivity index is 2.06. The minimum absolute atomic E-state index is 0.303. The SMILES string of the molecule is CNC(Cc1cccc(C)c1)C1=CCCCO1. The molecule has 0 saturated heterocycles. The van der Waals surface area contributed by atoms with Gasteiger partial charge in [-0.05, 0) is 44.9 Å². The second-order valence-electron chi connectivity index (χ2n) is 4.63. The standard InChI is InChI=1S/C15H21NO/c1-12-6-5-7-13(10-12)11-14(16-2)15-8-3-4-9-17-15/h5-8,10,14,16H,3-4,9,11H2,1-2H3. The summed E-state index contributed by atoms with van der Waals surface area (Å²) in [6, 6.07) is 8.98. The third-order valence-corrected chi connectivity index (χ3v) is 3.18. The van der Waals surface area contributed by atoms with Gasteiger partial charge in [0.1, 0.15) is 5.76 Å². The third kappa shape index (κ3) is 3.34. The Morgan fingerprint density at radius 1 is 1.41 bits per heavy atom. The minimum Gasteiger partial charge on any atom is -0.497 e. The van der Waals surface area contributed by atoms with Gasteiger partial charge in [-0.15, -0.1) is 0 Å². The highest BCUT2D eigenvalue weighted by molar-refractivity contribution is 5.24. The lowest BCUT2D eigenvalue weighted by Crippen LogP contribution is -2.32. The molecule has 1 heterocycles. The maximum atomic E-state index is 5.73. The number of hydrogen-bond donors (Lipinski definition) is 1. The lowest BCUT2D eigenvalue weighted by Gasteiger charge is -2.23. The first-order valence-electron chi connectivity index (χ1n) is 6.35. The van der Waals surface area contributed by atoms with Gasteiger partial charge in [-0.1, -0.05) is 29.8 Å². The van der Waals surface area contributed by atoms with E-state index in [1.807, 2.05) is 7.05 Å². The Morgan fingerprint density at radius 2 is 2.29 bits per heavy atom. The first-order chi connectivity index (χ1) is 8.29. The van der Waals surface area contributed by atoms with Crippen molar-refractivity contribution in [2.24, 2.45) is 0 Å². The van der Waals surface area contributed by atoms with Gasteiger partial charge < -0.3 is 10.1 Å².